The largest absolute Gasteiger partial charge is 0.192 e. The standard InChI is InChI=1S/C38H20N2/c39-29-37-19-11-9-17-33(37)15-7-3-1-5-13-31-21-25-35(26-22-31)36-27-23-32(24-28-36)14-6-2-4-8-16-34-18-10-12-20-38(34)30-40/h1-4,9-12,17-28H/b3-1-,4-2-. The molecule has 0 saturated carbocycles. The van der Waals surface area contributed by atoms with Crippen LogP contribution in [0.25, 0.3) is 11.1 Å². The lowest BCUT2D eigenvalue weighted by Crippen LogP contribution is -1.81. The minimum Gasteiger partial charge on any atom is -0.192 e. The summed E-state index contributed by atoms with van der Waals surface area (Å²) < 4.78 is 0. The molecule has 4 aromatic carbocycles. The van der Waals surface area contributed by atoms with Crippen LogP contribution in [0.4, 0.5) is 0 Å². The quantitative estimate of drug-likeness (QED) is 0.262. The first-order valence-electron chi connectivity index (χ1n) is 12.3. The van der Waals surface area contributed by atoms with Crippen molar-refractivity contribution in [2.75, 3.05) is 0 Å². The molecular weight excluding hydrogens is 484 g/mol. The molecule has 0 spiro atoms. The molecule has 2 heteroatoms. The predicted octanol–water partition coefficient (Wildman–Crippen LogP) is 7.02. The lowest BCUT2D eigenvalue weighted by Gasteiger charge is -2.02. The van der Waals surface area contributed by atoms with Gasteiger partial charge in [0.2, 0.25) is 0 Å². The molecule has 0 aromatic heterocycles. The van der Waals surface area contributed by atoms with Gasteiger partial charge in [-0.05, 0) is 84.0 Å². The molecule has 0 saturated heterocycles. The van der Waals surface area contributed by atoms with Gasteiger partial charge in [0.05, 0.1) is 11.1 Å². The third-order valence-electron chi connectivity index (χ3n) is 5.54. The summed E-state index contributed by atoms with van der Waals surface area (Å²) in [6, 6.07) is 34.9. The van der Waals surface area contributed by atoms with Gasteiger partial charge in [0.1, 0.15) is 12.1 Å². The number of benzene rings is 4. The van der Waals surface area contributed by atoms with Gasteiger partial charge in [-0.1, -0.05) is 95.9 Å². The second-order valence-corrected chi connectivity index (χ2v) is 8.21. The van der Waals surface area contributed by atoms with Crippen LogP contribution in [0.3, 0.4) is 0 Å². The van der Waals surface area contributed by atoms with Crippen molar-refractivity contribution in [2.45, 2.75) is 0 Å². The fourth-order valence-electron chi connectivity index (χ4n) is 3.53. The van der Waals surface area contributed by atoms with E-state index in [0.29, 0.717) is 22.3 Å². The summed E-state index contributed by atoms with van der Waals surface area (Å²) in [6.07, 6.45) is 6.76. The second kappa shape index (κ2) is 14.4. The summed E-state index contributed by atoms with van der Waals surface area (Å²) in [5.74, 6) is 23.9. The topological polar surface area (TPSA) is 47.6 Å². The van der Waals surface area contributed by atoms with Crippen LogP contribution in [0.2, 0.25) is 0 Å². The van der Waals surface area contributed by atoms with E-state index < -0.39 is 0 Å². The van der Waals surface area contributed by atoms with E-state index in [1.54, 1.807) is 36.4 Å². The molecule has 182 valence electrons. The fraction of sp³-hybridized carbons (Fsp3) is 0. The molecule has 2 nitrogen and oxygen atoms in total. The van der Waals surface area contributed by atoms with Crippen molar-refractivity contribution in [3.05, 3.63) is 155 Å². The first kappa shape index (κ1) is 26.6. The molecule has 0 amide bonds. The van der Waals surface area contributed by atoms with Gasteiger partial charge < -0.3 is 0 Å². The molecular formula is C38H20N2. The highest BCUT2D eigenvalue weighted by Crippen LogP contribution is 2.20. The van der Waals surface area contributed by atoms with Gasteiger partial charge in [-0.2, -0.15) is 10.5 Å². The third-order valence-corrected chi connectivity index (χ3v) is 5.54. The van der Waals surface area contributed by atoms with Gasteiger partial charge >= 0.3 is 0 Å². The van der Waals surface area contributed by atoms with Gasteiger partial charge in [-0.3, -0.25) is 0 Å². The maximum Gasteiger partial charge on any atom is 0.100 e. The van der Waals surface area contributed by atoms with Gasteiger partial charge in [0.25, 0.3) is 0 Å². The highest BCUT2D eigenvalue weighted by molar-refractivity contribution is 5.65. The molecule has 0 radical (unpaired) electrons. The molecule has 0 N–H and O–H groups in total. The Morgan fingerprint density at radius 3 is 1.05 bits per heavy atom. The Morgan fingerprint density at radius 2 is 0.700 bits per heavy atom. The van der Waals surface area contributed by atoms with Crippen molar-refractivity contribution in [1.29, 1.82) is 10.5 Å². The average molecular weight is 505 g/mol. The number of rotatable bonds is 1. The van der Waals surface area contributed by atoms with E-state index >= 15 is 0 Å². The lowest BCUT2D eigenvalue weighted by atomic mass is 10.0. The van der Waals surface area contributed by atoms with E-state index in [0.717, 1.165) is 22.3 Å². The molecule has 0 aliphatic carbocycles. The van der Waals surface area contributed by atoms with Crippen LogP contribution in [0, 0.1) is 70.0 Å². The summed E-state index contributed by atoms with van der Waals surface area (Å²) >= 11 is 0. The number of nitriles is 2. The van der Waals surface area contributed by atoms with Crippen molar-refractivity contribution >= 4 is 0 Å². The van der Waals surface area contributed by atoms with E-state index in [9.17, 15) is 0 Å². The monoisotopic (exact) mass is 504 g/mol. The molecule has 0 heterocycles. The van der Waals surface area contributed by atoms with E-state index in [1.165, 1.54) is 0 Å². The van der Waals surface area contributed by atoms with Crippen molar-refractivity contribution < 1.29 is 0 Å². The summed E-state index contributed by atoms with van der Waals surface area (Å²) in [4.78, 5) is 0. The molecule has 0 fully saturated rings. The Balaban J connectivity index is 1.32. The van der Waals surface area contributed by atoms with Crippen LogP contribution in [0.5, 0.6) is 0 Å². The lowest BCUT2D eigenvalue weighted by molar-refractivity contribution is 1.47. The summed E-state index contributed by atoms with van der Waals surface area (Å²) in [6.45, 7) is 0. The normalized spacial score (nSPS) is 9.45. The van der Waals surface area contributed by atoms with Crippen LogP contribution in [0.1, 0.15) is 33.4 Å². The summed E-state index contributed by atoms with van der Waals surface area (Å²) in [5.41, 5.74) is 6.53. The van der Waals surface area contributed by atoms with Crippen LogP contribution < -0.4 is 0 Å². The molecule has 40 heavy (non-hydrogen) atoms. The van der Waals surface area contributed by atoms with E-state index in [2.05, 4.69) is 59.5 Å². The van der Waals surface area contributed by atoms with Gasteiger partial charge in [-0.15, -0.1) is 0 Å². The van der Waals surface area contributed by atoms with Gasteiger partial charge in [0.15, 0.2) is 0 Å². The van der Waals surface area contributed by atoms with Crippen molar-refractivity contribution in [3.8, 4) is 70.6 Å². The zero-order valence-electron chi connectivity index (χ0n) is 21.4. The minimum atomic E-state index is 0.562. The SMILES string of the molecule is N#Cc1ccccc1C#C/C=C\C#Cc1ccc(-c2ccc(C#C/C=C\C#Cc3ccccc3C#N)cc2)cc1. The smallest absolute Gasteiger partial charge is 0.100 e. The van der Waals surface area contributed by atoms with E-state index in [1.807, 2.05) is 84.9 Å². The van der Waals surface area contributed by atoms with Crippen LogP contribution in [0.15, 0.2) is 121 Å². The van der Waals surface area contributed by atoms with Gasteiger partial charge in [-0.25, -0.2) is 0 Å². The molecule has 4 aromatic rings. The molecule has 0 atom stereocenters. The summed E-state index contributed by atoms with van der Waals surface area (Å²) in [5, 5.41) is 18.2. The molecule has 0 unspecified atom stereocenters. The van der Waals surface area contributed by atoms with Crippen LogP contribution in [-0.2, 0) is 0 Å². The number of allylic oxidation sites excluding steroid dienone is 4. The fourth-order valence-corrected chi connectivity index (χ4v) is 3.53. The van der Waals surface area contributed by atoms with Crippen LogP contribution in [-0.4, -0.2) is 0 Å². The highest BCUT2D eigenvalue weighted by atomic mass is 14.2. The Kier molecular flexibility index (Phi) is 9.56. The zero-order valence-corrected chi connectivity index (χ0v) is 21.4. The maximum atomic E-state index is 9.11. The Morgan fingerprint density at radius 1 is 0.375 bits per heavy atom. The third kappa shape index (κ3) is 7.79. The maximum absolute atomic E-state index is 9.11. The Labute approximate surface area is 235 Å². The second-order valence-electron chi connectivity index (χ2n) is 8.21. The van der Waals surface area contributed by atoms with E-state index in [-0.39, 0.29) is 0 Å². The molecule has 0 aliphatic heterocycles. The highest BCUT2D eigenvalue weighted by Gasteiger charge is 1.98. The van der Waals surface area contributed by atoms with Crippen molar-refractivity contribution in [3.63, 3.8) is 0 Å². The average Bonchev–Trinajstić information content (AvgIpc) is 3.01. The number of hydrogen-bond donors (Lipinski definition) is 0. The molecule has 0 bridgehead atoms. The molecule has 0 aliphatic rings. The van der Waals surface area contributed by atoms with Gasteiger partial charge in [0, 0.05) is 22.3 Å². The number of hydrogen-bond acceptors (Lipinski definition) is 2. The zero-order chi connectivity index (χ0) is 27.8. The first-order chi connectivity index (χ1) is 19.8. The van der Waals surface area contributed by atoms with E-state index in [4.69, 9.17) is 10.5 Å². The summed E-state index contributed by atoms with van der Waals surface area (Å²) in [7, 11) is 0. The predicted molar refractivity (Wildman–Crippen MR) is 160 cm³/mol. The van der Waals surface area contributed by atoms with Crippen molar-refractivity contribution in [2.24, 2.45) is 0 Å². The number of nitrogens with zero attached hydrogens (tertiary/aromatic N) is 2. The minimum absolute atomic E-state index is 0.562. The molecule has 4 rings (SSSR count). The van der Waals surface area contributed by atoms with Crippen LogP contribution >= 0.6 is 0 Å². The Bertz CT molecular complexity index is 1770. The van der Waals surface area contributed by atoms with Crippen molar-refractivity contribution in [1.82, 2.24) is 0 Å². The first-order valence-corrected chi connectivity index (χ1v) is 12.3. The Hall–Kier alpha value is -6.42.